The van der Waals surface area contributed by atoms with Gasteiger partial charge in [-0.05, 0) is 49.7 Å². The normalized spacial score (nSPS) is 20.5. The molecule has 4 atom stereocenters. The van der Waals surface area contributed by atoms with Gasteiger partial charge in [-0.3, -0.25) is 23.9 Å². The highest BCUT2D eigenvalue weighted by molar-refractivity contribution is 6.00. The summed E-state index contributed by atoms with van der Waals surface area (Å²) in [6.45, 7) is 2.91. The minimum Gasteiger partial charge on any atom is -0.507 e. The summed E-state index contributed by atoms with van der Waals surface area (Å²) in [5.41, 5.74) is 1.32. The third-order valence-corrected chi connectivity index (χ3v) is 6.47. The van der Waals surface area contributed by atoms with Crippen LogP contribution in [0, 0.1) is 0 Å². The first-order chi connectivity index (χ1) is 19.5. The van der Waals surface area contributed by atoms with Crippen LogP contribution in [0.2, 0.25) is 0 Å². The standard InChI is InChI=1S/C28H32N6O7/c1-15-25(37)32-22(27(39)29-12-18-13-30-34(3)14-18)10-17-4-6-19(7-5-17)41-20-8-9-23(36)21(11-20)26(38)33-24(16(2)35)28(40)31-15/h4-9,11,13-16,22,24,35-36H,10,12H2,1-3H3,(H,29,39)(H,31,40)(H,32,37)(H,33,38)/t15-,16+,22-,24-/m0/s1. The van der Waals surface area contributed by atoms with E-state index in [2.05, 4.69) is 26.4 Å². The molecule has 0 unspecified atom stereocenters. The van der Waals surface area contributed by atoms with Crippen molar-refractivity contribution in [1.29, 1.82) is 0 Å². The van der Waals surface area contributed by atoms with E-state index in [1.807, 2.05) is 0 Å². The summed E-state index contributed by atoms with van der Waals surface area (Å²) in [5.74, 6) is -2.46. The minimum absolute atomic E-state index is 0.140. The molecule has 0 aliphatic carbocycles. The number of carbonyl (C=O) groups excluding carboxylic acids is 4. The summed E-state index contributed by atoms with van der Waals surface area (Å²) in [4.78, 5) is 52.2. The van der Waals surface area contributed by atoms with Crippen LogP contribution in [-0.2, 0) is 34.4 Å². The number of ether oxygens (including phenoxy) is 1. The predicted octanol–water partition coefficient (Wildman–Crippen LogP) is 0.259. The first-order valence-corrected chi connectivity index (χ1v) is 12.9. The Bertz CT molecular complexity index is 1440. The van der Waals surface area contributed by atoms with Crippen molar-refractivity contribution in [2.45, 2.75) is 51.0 Å². The predicted molar refractivity (Wildman–Crippen MR) is 146 cm³/mol. The maximum Gasteiger partial charge on any atom is 0.255 e. The minimum atomic E-state index is -1.45. The van der Waals surface area contributed by atoms with Crippen molar-refractivity contribution in [3.05, 3.63) is 71.5 Å². The average molecular weight is 565 g/mol. The van der Waals surface area contributed by atoms with Crippen LogP contribution in [-0.4, -0.2) is 67.9 Å². The van der Waals surface area contributed by atoms with E-state index in [1.54, 1.807) is 48.4 Å². The number of nitrogens with zero attached hydrogens (tertiary/aromatic N) is 2. The third kappa shape index (κ3) is 7.39. The molecule has 2 aliphatic rings. The number of amides is 4. The van der Waals surface area contributed by atoms with Crippen LogP contribution in [0.15, 0.2) is 54.9 Å². The molecule has 13 heteroatoms. The SMILES string of the molecule is C[C@@H]1NC(=O)[C@H]([C@@H](C)O)NC(=O)c2cc(ccc2O)Oc2ccc(cc2)C[C@@H](C(=O)NCc2cnn(C)c2)NC1=O. The van der Waals surface area contributed by atoms with Crippen LogP contribution < -0.4 is 26.0 Å². The molecule has 0 fully saturated rings. The van der Waals surface area contributed by atoms with Crippen LogP contribution in [0.5, 0.6) is 17.2 Å². The summed E-state index contributed by atoms with van der Waals surface area (Å²) in [6.07, 6.45) is 2.17. The Morgan fingerprint density at radius 1 is 1.10 bits per heavy atom. The number of aliphatic hydroxyl groups is 1. The molecular weight excluding hydrogens is 532 g/mol. The van der Waals surface area contributed by atoms with Gasteiger partial charge >= 0.3 is 0 Å². The largest absolute Gasteiger partial charge is 0.507 e. The van der Waals surface area contributed by atoms with Gasteiger partial charge in [0.2, 0.25) is 17.7 Å². The number of benzene rings is 2. The Balaban J connectivity index is 1.64. The lowest BCUT2D eigenvalue weighted by Gasteiger charge is -2.25. The molecule has 4 amide bonds. The highest BCUT2D eigenvalue weighted by atomic mass is 16.5. The highest BCUT2D eigenvalue weighted by Crippen LogP contribution is 2.28. The number of aliphatic hydroxyl groups excluding tert-OH is 1. The van der Waals surface area contributed by atoms with Crippen molar-refractivity contribution in [2.75, 3.05) is 0 Å². The number of carbonyl (C=O) groups is 4. The Morgan fingerprint density at radius 2 is 1.80 bits per heavy atom. The quantitative estimate of drug-likeness (QED) is 0.244. The van der Waals surface area contributed by atoms with E-state index in [0.29, 0.717) is 5.75 Å². The molecule has 0 saturated heterocycles. The van der Waals surface area contributed by atoms with Gasteiger partial charge in [-0.1, -0.05) is 12.1 Å². The van der Waals surface area contributed by atoms with E-state index in [4.69, 9.17) is 4.74 Å². The van der Waals surface area contributed by atoms with Gasteiger partial charge in [0, 0.05) is 31.8 Å². The number of nitrogens with one attached hydrogen (secondary N) is 4. The highest BCUT2D eigenvalue weighted by Gasteiger charge is 2.31. The van der Waals surface area contributed by atoms with Gasteiger partial charge in [0.15, 0.2) is 0 Å². The van der Waals surface area contributed by atoms with Gasteiger partial charge in [0.1, 0.15) is 35.4 Å². The zero-order chi connectivity index (χ0) is 29.7. The molecule has 4 bridgehead atoms. The lowest BCUT2D eigenvalue weighted by Crippen LogP contribution is -2.58. The molecule has 0 saturated carbocycles. The number of fused-ring (bicyclic) bond motifs is 11. The molecule has 1 aromatic heterocycles. The van der Waals surface area contributed by atoms with E-state index in [9.17, 15) is 29.4 Å². The van der Waals surface area contributed by atoms with Gasteiger partial charge in [-0.25, -0.2) is 0 Å². The lowest BCUT2D eigenvalue weighted by atomic mass is 10.0. The lowest BCUT2D eigenvalue weighted by molar-refractivity contribution is -0.133. The van der Waals surface area contributed by atoms with Crippen molar-refractivity contribution in [1.82, 2.24) is 31.0 Å². The summed E-state index contributed by atoms with van der Waals surface area (Å²) in [7, 11) is 1.76. The summed E-state index contributed by atoms with van der Waals surface area (Å²) in [6, 6.07) is 7.29. The molecule has 5 rings (SSSR count). The van der Waals surface area contributed by atoms with Crippen molar-refractivity contribution in [3.8, 4) is 17.2 Å². The second-order valence-electron chi connectivity index (χ2n) is 9.85. The first kappa shape index (κ1) is 29.1. The fourth-order valence-electron chi connectivity index (χ4n) is 4.20. The van der Waals surface area contributed by atoms with Crippen molar-refractivity contribution < 1.29 is 34.1 Å². The van der Waals surface area contributed by atoms with E-state index in [-0.39, 0.29) is 30.0 Å². The van der Waals surface area contributed by atoms with Crippen LogP contribution in [0.3, 0.4) is 0 Å². The monoisotopic (exact) mass is 564 g/mol. The maximum absolute atomic E-state index is 13.2. The third-order valence-electron chi connectivity index (χ3n) is 6.47. The van der Waals surface area contributed by atoms with Crippen molar-refractivity contribution >= 4 is 23.6 Å². The summed E-state index contributed by atoms with van der Waals surface area (Å²) < 4.78 is 7.44. The number of phenols is 1. The Hall–Kier alpha value is -4.91. The van der Waals surface area contributed by atoms with Crippen LogP contribution in [0.4, 0.5) is 0 Å². The number of hydrogen-bond acceptors (Lipinski definition) is 8. The number of aromatic nitrogens is 2. The molecule has 0 radical (unpaired) electrons. The number of hydrogen-bond donors (Lipinski definition) is 6. The van der Waals surface area contributed by atoms with Crippen LogP contribution in [0.25, 0.3) is 0 Å². The molecule has 2 aromatic carbocycles. The van der Waals surface area contributed by atoms with E-state index in [0.717, 1.165) is 11.1 Å². The molecule has 3 heterocycles. The Morgan fingerprint density at radius 3 is 2.46 bits per heavy atom. The molecular formula is C28H32N6O7. The van der Waals surface area contributed by atoms with Gasteiger partial charge in [-0.2, -0.15) is 5.10 Å². The fraction of sp³-hybridized carbons (Fsp3) is 0.321. The number of aromatic hydroxyl groups is 1. The van der Waals surface area contributed by atoms with Gasteiger partial charge < -0.3 is 36.2 Å². The van der Waals surface area contributed by atoms with Gasteiger partial charge in [0.25, 0.3) is 5.91 Å². The number of rotatable bonds is 4. The zero-order valence-corrected chi connectivity index (χ0v) is 22.7. The summed E-state index contributed by atoms with van der Waals surface area (Å²) >= 11 is 0. The van der Waals surface area contributed by atoms with E-state index < -0.39 is 47.9 Å². The Kier molecular flexibility index (Phi) is 8.87. The topological polar surface area (TPSA) is 184 Å². The van der Waals surface area contributed by atoms with E-state index in [1.165, 1.54) is 32.0 Å². The van der Waals surface area contributed by atoms with Crippen LogP contribution in [0.1, 0.15) is 35.3 Å². The molecule has 13 nitrogen and oxygen atoms in total. The number of phenolic OH excluding ortho intramolecular Hbond substituents is 1. The number of aryl methyl sites for hydroxylation is 1. The fourth-order valence-corrected chi connectivity index (χ4v) is 4.20. The van der Waals surface area contributed by atoms with Gasteiger partial charge in [0.05, 0.1) is 17.9 Å². The molecule has 2 aliphatic heterocycles. The molecule has 41 heavy (non-hydrogen) atoms. The second-order valence-corrected chi connectivity index (χ2v) is 9.85. The average Bonchev–Trinajstić information content (AvgIpc) is 3.35. The summed E-state index contributed by atoms with van der Waals surface area (Å²) in [5, 5.41) is 34.9. The second kappa shape index (κ2) is 12.5. The first-order valence-electron chi connectivity index (χ1n) is 12.9. The molecule has 3 aromatic rings. The van der Waals surface area contributed by atoms with E-state index >= 15 is 0 Å². The molecule has 216 valence electrons. The van der Waals surface area contributed by atoms with Crippen molar-refractivity contribution in [2.24, 2.45) is 7.05 Å². The molecule has 6 N–H and O–H groups in total. The zero-order valence-electron chi connectivity index (χ0n) is 22.7. The van der Waals surface area contributed by atoms with Crippen molar-refractivity contribution in [3.63, 3.8) is 0 Å². The van der Waals surface area contributed by atoms with Crippen LogP contribution >= 0.6 is 0 Å². The smallest absolute Gasteiger partial charge is 0.255 e. The maximum atomic E-state index is 13.2. The Labute approximate surface area is 235 Å². The van der Waals surface area contributed by atoms with Gasteiger partial charge in [-0.15, -0.1) is 0 Å². The molecule has 0 spiro atoms.